The number of amides is 1. The van der Waals surface area contributed by atoms with E-state index in [1.807, 2.05) is 0 Å². The van der Waals surface area contributed by atoms with Crippen molar-refractivity contribution in [3.8, 4) is 11.9 Å². The van der Waals surface area contributed by atoms with Gasteiger partial charge in [-0.1, -0.05) is 6.07 Å². The number of methoxy groups -OCH3 is 1. The van der Waals surface area contributed by atoms with E-state index in [0.717, 1.165) is 12.8 Å². The molecule has 0 radical (unpaired) electrons. The number of carbonyl (C=O) groups is 1. The Morgan fingerprint density at radius 2 is 2.25 bits per heavy atom. The molecule has 1 aliphatic heterocycles. The van der Waals surface area contributed by atoms with Gasteiger partial charge in [0.2, 0.25) is 5.88 Å². The molecular formula is C17H18FN3O3. The Balaban J connectivity index is 1.66. The molecule has 126 valence electrons. The van der Waals surface area contributed by atoms with E-state index in [0.29, 0.717) is 24.5 Å². The van der Waals surface area contributed by atoms with Crippen LogP contribution in [0.2, 0.25) is 0 Å². The summed E-state index contributed by atoms with van der Waals surface area (Å²) in [5, 5.41) is 0. The normalized spacial score (nSPS) is 17.4. The number of hydrogen-bond acceptors (Lipinski definition) is 5. The first-order chi connectivity index (χ1) is 11.7. The molecule has 0 N–H and O–H groups in total. The van der Waals surface area contributed by atoms with Crippen LogP contribution >= 0.6 is 0 Å². The summed E-state index contributed by atoms with van der Waals surface area (Å²) in [6, 6.07) is 7.61. The fraction of sp³-hybridized carbons (Fsp3) is 0.353. The maximum absolute atomic E-state index is 13.3. The van der Waals surface area contributed by atoms with E-state index in [1.54, 1.807) is 23.2 Å². The van der Waals surface area contributed by atoms with Crippen LogP contribution in [0.15, 0.2) is 36.5 Å². The summed E-state index contributed by atoms with van der Waals surface area (Å²) >= 11 is 0. The molecule has 0 spiro atoms. The summed E-state index contributed by atoms with van der Waals surface area (Å²) in [4.78, 5) is 22.2. The average Bonchev–Trinajstić information content (AvgIpc) is 2.61. The first kappa shape index (κ1) is 16.2. The second-order valence-electron chi connectivity index (χ2n) is 5.53. The monoisotopic (exact) mass is 331 g/mol. The van der Waals surface area contributed by atoms with Crippen molar-refractivity contribution in [3.05, 3.63) is 47.9 Å². The van der Waals surface area contributed by atoms with Gasteiger partial charge in [-0.05, 0) is 31.0 Å². The largest absolute Gasteiger partial charge is 0.472 e. The standard InChI is InChI=1S/C17H18FN3O3/c1-23-17-19-8-7-15(20-17)24-14-6-3-9-21(11-14)16(22)12-4-2-5-13(18)10-12/h2,4-5,7-8,10,14H,3,6,9,11H2,1H3. The lowest BCUT2D eigenvalue weighted by molar-refractivity contribution is 0.0525. The van der Waals surface area contributed by atoms with Crippen LogP contribution in [0.3, 0.4) is 0 Å². The van der Waals surface area contributed by atoms with Gasteiger partial charge in [0.05, 0.1) is 13.7 Å². The van der Waals surface area contributed by atoms with Crippen molar-refractivity contribution in [2.45, 2.75) is 18.9 Å². The van der Waals surface area contributed by atoms with Crippen LogP contribution in [0.25, 0.3) is 0 Å². The Hall–Kier alpha value is -2.70. The van der Waals surface area contributed by atoms with Crippen LogP contribution in [0.4, 0.5) is 4.39 Å². The molecule has 0 aliphatic carbocycles. The fourth-order valence-electron chi connectivity index (χ4n) is 2.68. The molecule has 2 aromatic rings. The molecular weight excluding hydrogens is 313 g/mol. The van der Waals surface area contributed by atoms with Gasteiger partial charge in [0.15, 0.2) is 0 Å². The van der Waals surface area contributed by atoms with Crippen LogP contribution in [0, 0.1) is 5.82 Å². The van der Waals surface area contributed by atoms with Crippen molar-refractivity contribution in [3.63, 3.8) is 0 Å². The van der Waals surface area contributed by atoms with Gasteiger partial charge in [0, 0.05) is 24.4 Å². The van der Waals surface area contributed by atoms with E-state index < -0.39 is 5.82 Å². The number of carbonyl (C=O) groups excluding carboxylic acids is 1. The summed E-state index contributed by atoms with van der Waals surface area (Å²) in [5.74, 6) is -0.200. The molecule has 2 heterocycles. The van der Waals surface area contributed by atoms with E-state index in [9.17, 15) is 9.18 Å². The zero-order chi connectivity index (χ0) is 16.9. The number of rotatable bonds is 4. The second-order valence-corrected chi connectivity index (χ2v) is 5.53. The number of ether oxygens (including phenoxy) is 2. The Morgan fingerprint density at radius 1 is 1.38 bits per heavy atom. The van der Waals surface area contributed by atoms with Crippen molar-refractivity contribution in [1.82, 2.24) is 14.9 Å². The Morgan fingerprint density at radius 3 is 3.04 bits per heavy atom. The van der Waals surface area contributed by atoms with E-state index in [1.165, 1.54) is 25.3 Å². The van der Waals surface area contributed by atoms with E-state index >= 15 is 0 Å². The van der Waals surface area contributed by atoms with Gasteiger partial charge in [-0.15, -0.1) is 0 Å². The maximum atomic E-state index is 13.3. The molecule has 1 fully saturated rings. The molecule has 1 aromatic heterocycles. The molecule has 1 aliphatic rings. The Labute approximate surface area is 139 Å². The Bertz CT molecular complexity index is 726. The fourth-order valence-corrected chi connectivity index (χ4v) is 2.68. The van der Waals surface area contributed by atoms with Crippen molar-refractivity contribution < 1.29 is 18.7 Å². The van der Waals surface area contributed by atoms with Gasteiger partial charge in [-0.25, -0.2) is 9.37 Å². The molecule has 0 saturated carbocycles. The number of piperidine rings is 1. The molecule has 0 bridgehead atoms. The molecule has 6 nitrogen and oxygen atoms in total. The van der Waals surface area contributed by atoms with Crippen LogP contribution in [0.5, 0.6) is 11.9 Å². The summed E-state index contributed by atoms with van der Waals surface area (Å²) in [6.45, 7) is 1.06. The number of nitrogens with zero attached hydrogens (tertiary/aromatic N) is 3. The number of likely N-dealkylation sites (tertiary alicyclic amines) is 1. The molecule has 1 amide bonds. The highest BCUT2D eigenvalue weighted by molar-refractivity contribution is 5.94. The minimum absolute atomic E-state index is 0.170. The average molecular weight is 331 g/mol. The van der Waals surface area contributed by atoms with E-state index in [-0.39, 0.29) is 18.0 Å². The molecule has 3 rings (SSSR count). The second kappa shape index (κ2) is 7.25. The lowest BCUT2D eigenvalue weighted by Crippen LogP contribution is -2.44. The quantitative estimate of drug-likeness (QED) is 0.860. The van der Waals surface area contributed by atoms with Gasteiger partial charge in [0.1, 0.15) is 11.9 Å². The molecule has 1 atom stereocenters. The van der Waals surface area contributed by atoms with Crippen LogP contribution in [-0.4, -0.2) is 47.1 Å². The summed E-state index contributed by atoms with van der Waals surface area (Å²) < 4.78 is 24.1. The summed E-state index contributed by atoms with van der Waals surface area (Å²) in [5.41, 5.74) is 0.347. The lowest BCUT2D eigenvalue weighted by atomic mass is 10.1. The third-order valence-corrected chi connectivity index (χ3v) is 3.81. The third-order valence-electron chi connectivity index (χ3n) is 3.81. The highest BCUT2D eigenvalue weighted by Crippen LogP contribution is 2.19. The maximum Gasteiger partial charge on any atom is 0.319 e. The van der Waals surface area contributed by atoms with Gasteiger partial charge in [0.25, 0.3) is 5.91 Å². The molecule has 7 heteroatoms. The smallest absolute Gasteiger partial charge is 0.319 e. The van der Waals surface area contributed by atoms with Crippen molar-refractivity contribution in [1.29, 1.82) is 0 Å². The number of benzene rings is 1. The third kappa shape index (κ3) is 3.79. The lowest BCUT2D eigenvalue weighted by Gasteiger charge is -2.32. The van der Waals surface area contributed by atoms with Crippen LogP contribution in [-0.2, 0) is 0 Å². The molecule has 24 heavy (non-hydrogen) atoms. The van der Waals surface area contributed by atoms with Crippen molar-refractivity contribution in [2.75, 3.05) is 20.2 Å². The van der Waals surface area contributed by atoms with Crippen molar-refractivity contribution >= 4 is 5.91 Å². The first-order valence-electron chi connectivity index (χ1n) is 7.74. The highest BCUT2D eigenvalue weighted by Gasteiger charge is 2.26. The van der Waals surface area contributed by atoms with E-state index in [4.69, 9.17) is 9.47 Å². The van der Waals surface area contributed by atoms with E-state index in [2.05, 4.69) is 9.97 Å². The number of aromatic nitrogens is 2. The summed E-state index contributed by atoms with van der Waals surface area (Å²) in [6.07, 6.45) is 3.02. The Kier molecular flexibility index (Phi) is 4.88. The van der Waals surface area contributed by atoms with Gasteiger partial charge >= 0.3 is 6.01 Å². The van der Waals surface area contributed by atoms with Crippen molar-refractivity contribution in [2.24, 2.45) is 0 Å². The first-order valence-corrected chi connectivity index (χ1v) is 7.74. The van der Waals surface area contributed by atoms with Gasteiger partial charge in [-0.2, -0.15) is 4.98 Å². The molecule has 1 saturated heterocycles. The number of halogens is 1. The molecule has 1 aromatic carbocycles. The molecule has 1 unspecified atom stereocenters. The minimum Gasteiger partial charge on any atom is -0.472 e. The SMILES string of the molecule is COc1nccc(OC2CCCN(C(=O)c3cccc(F)c3)C2)n1. The van der Waals surface area contributed by atoms with Crippen LogP contribution < -0.4 is 9.47 Å². The number of hydrogen-bond donors (Lipinski definition) is 0. The summed E-state index contributed by atoms with van der Waals surface area (Å²) in [7, 11) is 1.49. The van der Waals surface area contributed by atoms with Gasteiger partial charge in [-0.3, -0.25) is 4.79 Å². The predicted octanol–water partition coefficient (Wildman–Crippen LogP) is 2.31. The zero-order valence-corrected chi connectivity index (χ0v) is 13.3. The highest BCUT2D eigenvalue weighted by atomic mass is 19.1. The minimum atomic E-state index is -0.418. The predicted molar refractivity (Wildman–Crippen MR) is 84.5 cm³/mol. The zero-order valence-electron chi connectivity index (χ0n) is 13.3. The topological polar surface area (TPSA) is 64.6 Å². The van der Waals surface area contributed by atoms with Gasteiger partial charge < -0.3 is 14.4 Å². The van der Waals surface area contributed by atoms with Crippen LogP contribution in [0.1, 0.15) is 23.2 Å².